The fraction of sp³-hybridized carbons (Fsp3) is 0. The molecule has 0 bridgehead atoms. The van der Waals surface area contributed by atoms with Crippen molar-refractivity contribution in [2.75, 3.05) is 0 Å². The number of rotatable bonds is 3. The second kappa shape index (κ2) is 5.79. The van der Waals surface area contributed by atoms with Gasteiger partial charge in [-0.25, -0.2) is 0 Å². The fourth-order valence-corrected chi connectivity index (χ4v) is 1.99. The zero-order valence-electron chi connectivity index (χ0n) is 9.65. The van der Waals surface area contributed by atoms with Gasteiger partial charge in [0.05, 0.1) is 10.6 Å². The standard InChI is InChI=1S/C13H9IN2O3/c14-10-3-1-2-4-11(10)15-8-9-5-6-13(17)12(7-9)16(18)19/h1-8,17H. The second-order valence-electron chi connectivity index (χ2n) is 3.71. The van der Waals surface area contributed by atoms with Crippen molar-refractivity contribution in [1.29, 1.82) is 0 Å². The number of nitro groups is 1. The number of nitrogens with zero attached hydrogens (tertiary/aromatic N) is 2. The van der Waals surface area contributed by atoms with E-state index in [0.717, 1.165) is 9.26 Å². The average Bonchev–Trinajstić information content (AvgIpc) is 2.39. The predicted molar refractivity (Wildman–Crippen MR) is 81.2 cm³/mol. The molecule has 5 nitrogen and oxygen atoms in total. The lowest BCUT2D eigenvalue weighted by Gasteiger charge is -1.99. The summed E-state index contributed by atoms with van der Waals surface area (Å²) in [4.78, 5) is 14.3. The first-order valence-electron chi connectivity index (χ1n) is 5.34. The van der Waals surface area contributed by atoms with Gasteiger partial charge in [0.15, 0.2) is 5.75 Å². The van der Waals surface area contributed by atoms with Crippen LogP contribution in [0.3, 0.4) is 0 Å². The highest BCUT2D eigenvalue weighted by atomic mass is 127. The summed E-state index contributed by atoms with van der Waals surface area (Å²) < 4.78 is 0.990. The number of halogens is 1. The van der Waals surface area contributed by atoms with E-state index in [1.165, 1.54) is 18.3 Å². The Morgan fingerprint density at radius 3 is 2.68 bits per heavy atom. The number of phenolic OH excluding ortho intramolecular Hbond substituents is 1. The van der Waals surface area contributed by atoms with Gasteiger partial charge in [0.25, 0.3) is 0 Å². The molecule has 0 radical (unpaired) electrons. The van der Waals surface area contributed by atoms with Crippen LogP contribution >= 0.6 is 22.6 Å². The molecule has 6 heteroatoms. The van der Waals surface area contributed by atoms with Crippen LogP contribution in [0.15, 0.2) is 47.5 Å². The molecule has 0 saturated carbocycles. The van der Waals surface area contributed by atoms with E-state index in [-0.39, 0.29) is 11.4 Å². The first-order chi connectivity index (χ1) is 9.08. The summed E-state index contributed by atoms with van der Waals surface area (Å²) in [5, 5.41) is 20.0. The van der Waals surface area contributed by atoms with Crippen LogP contribution in [0.1, 0.15) is 5.56 Å². The van der Waals surface area contributed by atoms with Gasteiger partial charge in [-0.15, -0.1) is 0 Å². The van der Waals surface area contributed by atoms with Crippen molar-refractivity contribution in [3.05, 3.63) is 61.7 Å². The third-order valence-corrected chi connectivity index (χ3v) is 3.31. The minimum absolute atomic E-state index is 0.327. The van der Waals surface area contributed by atoms with E-state index in [4.69, 9.17) is 0 Å². The van der Waals surface area contributed by atoms with Crippen molar-refractivity contribution in [2.45, 2.75) is 0 Å². The van der Waals surface area contributed by atoms with Crippen molar-refractivity contribution in [3.8, 4) is 5.75 Å². The Morgan fingerprint density at radius 1 is 1.26 bits per heavy atom. The minimum Gasteiger partial charge on any atom is -0.502 e. The largest absolute Gasteiger partial charge is 0.502 e. The molecule has 96 valence electrons. The predicted octanol–water partition coefficient (Wildman–Crippen LogP) is 3.66. The smallest absolute Gasteiger partial charge is 0.311 e. The quantitative estimate of drug-likeness (QED) is 0.389. The Balaban J connectivity index is 2.32. The van der Waals surface area contributed by atoms with E-state index in [0.29, 0.717) is 5.56 Å². The van der Waals surface area contributed by atoms with Crippen LogP contribution in [0.5, 0.6) is 5.75 Å². The lowest BCUT2D eigenvalue weighted by atomic mass is 10.2. The van der Waals surface area contributed by atoms with Gasteiger partial charge in [-0.2, -0.15) is 0 Å². The Kier molecular flexibility index (Phi) is 4.10. The highest BCUT2D eigenvalue weighted by molar-refractivity contribution is 14.1. The molecule has 2 aromatic rings. The van der Waals surface area contributed by atoms with Crippen molar-refractivity contribution in [2.24, 2.45) is 4.99 Å². The van der Waals surface area contributed by atoms with Crippen LogP contribution in [-0.4, -0.2) is 16.2 Å². The van der Waals surface area contributed by atoms with E-state index in [9.17, 15) is 15.2 Å². The molecule has 0 unspecified atom stereocenters. The fourth-order valence-electron chi connectivity index (χ4n) is 1.47. The molecule has 0 spiro atoms. The summed E-state index contributed by atoms with van der Waals surface area (Å²) in [6.45, 7) is 0. The first-order valence-corrected chi connectivity index (χ1v) is 6.42. The van der Waals surface area contributed by atoms with E-state index in [2.05, 4.69) is 27.6 Å². The van der Waals surface area contributed by atoms with E-state index < -0.39 is 4.92 Å². The molecule has 0 aliphatic heterocycles. The molecule has 2 rings (SSSR count). The Bertz CT molecular complexity index is 656. The van der Waals surface area contributed by atoms with Crippen molar-refractivity contribution in [1.82, 2.24) is 0 Å². The maximum atomic E-state index is 10.7. The van der Waals surface area contributed by atoms with Crippen molar-refractivity contribution >= 4 is 40.2 Å². The summed E-state index contributed by atoms with van der Waals surface area (Å²) in [6, 6.07) is 11.7. The number of hydrogen-bond donors (Lipinski definition) is 1. The van der Waals surface area contributed by atoms with Crippen LogP contribution in [0.2, 0.25) is 0 Å². The summed E-state index contributed by atoms with van der Waals surface area (Å²) in [5.41, 5.74) is 1.02. The average molecular weight is 368 g/mol. The molecule has 0 aliphatic rings. The van der Waals surface area contributed by atoms with Crippen molar-refractivity contribution in [3.63, 3.8) is 0 Å². The number of aliphatic imine (C=N–C) groups is 1. The minimum atomic E-state index is -0.626. The zero-order chi connectivity index (χ0) is 13.8. The normalized spacial score (nSPS) is 10.8. The topological polar surface area (TPSA) is 75.7 Å². The van der Waals surface area contributed by atoms with Gasteiger partial charge >= 0.3 is 5.69 Å². The molecule has 1 N–H and O–H groups in total. The number of hydrogen-bond acceptors (Lipinski definition) is 4. The third kappa shape index (κ3) is 3.28. The monoisotopic (exact) mass is 368 g/mol. The van der Waals surface area contributed by atoms with E-state index in [1.54, 1.807) is 6.07 Å². The van der Waals surface area contributed by atoms with Gasteiger partial charge in [-0.1, -0.05) is 12.1 Å². The summed E-state index contributed by atoms with van der Waals surface area (Å²) in [6.07, 6.45) is 1.53. The van der Waals surface area contributed by atoms with Crippen LogP contribution < -0.4 is 0 Å². The Morgan fingerprint density at radius 2 is 2.00 bits per heavy atom. The van der Waals surface area contributed by atoms with Gasteiger partial charge in [0.1, 0.15) is 0 Å². The van der Waals surface area contributed by atoms with Gasteiger partial charge in [0, 0.05) is 15.9 Å². The SMILES string of the molecule is O=[N+]([O-])c1cc(C=Nc2ccccc2I)ccc1O. The van der Waals surface area contributed by atoms with E-state index >= 15 is 0 Å². The molecule has 0 saturated heterocycles. The molecule has 0 heterocycles. The highest BCUT2D eigenvalue weighted by Gasteiger charge is 2.12. The van der Waals surface area contributed by atoms with Crippen LogP contribution in [-0.2, 0) is 0 Å². The molecule has 0 aromatic heterocycles. The number of para-hydroxylation sites is 1. The number of aromatic hydroxyl groups is 1. The van der Waals surface area contributed by atoms with Gasteiger partial charge in [-0.3, -0.25) is 15.1 Å². The lowest BCUT2D eigenvalue weighted by molar-refractivity contribution is -0.385. The first kappa shape index (κ1) is 13.5. The molecular formula is C13H9IN2O3. The van der Waals surface area contributed by atoms with Gasteiger partial charge in [0.2, 0.25) is 0 Å². The molecule has 0 aliphatic carbocycles. The molecule has 19 heavy (non-hydrogen) atoms. The van der Waals surface area contributed by atoms with Crippen LogP contribution in [0, 0.1) is 13.7 Å². The van der Waals surface area contributed by atoms with E-state index in [1.807, 2.05) is 24.3 Å². The van der Waals surface area contributed by atoms with Gasteiger partial charge in [-0.05, 0) is 52.4 Å². The summed E-state index contributed by atoms with van der Waals surface area (Å²) >= 11 is 2.16. The third-order valence-electron chi connectivity index (χ3n) is 2.40. The second-order valence-corrected chi connectivity index (χ2v) is 4.88. The number of benzene rings is 2. The maximum absolute atomic E-state index is 10.7. The molecule has 0 atom stereocenters. The van der Waals surface area contributed by atoms with Crippen LogP contribution in [0.4, 0.5) is 11.4 Å². The molecule has 2 aromatic carbocycles. The number of phenols is 1. The van der Waals surface area contributed by atoms with Crippen molar-refractivity contribution < 1.29 is 10.0 Å². The Hall–Kier alpha value is -1.96. The molecular weight excluding hydrogens is 359 g/mol. The Labute approximate surface area is 122 Å². The zero-order valence-corrected chi connectivity index (χ0v) is 11.8. The van der Waals surface area contributed by atoms with Crippen LogP contribution in [0.25, 0.3) is 0 Å². The molecule has 0 fully saturated rings. The molecule has 0 amide bonds. The number of nitro benzene ring substituents is 1. The summed E-state index contributed by atoms with van der Waals surface area (Å²) in [7, 11) is 0. The highest BCUT2D eigenvalue weighted by Crippen LogP contribution is 2.26. The summed E-state index contributed by atoms with van der Waals surface area (Å²) in [5.74, 6) is -0.351. The lowest BCUT2D eigenvalue weighted by Crippen LogP contribution is -1.90. The van der Waals surface area contributed by atoms with Gasteiger partial charge < -0.3 is 5.11 Å². The maximum Gasteiger partial charge on any atom is 0.311 e.